The Balaban J connectivity index is 1.66. The molecule has 0 fully saturated rings. The van der Waals surface area contributed by atoms with Crippen LogP contribution in [0, 0.1) is 0 Å². The number of urea groups is 1. The lowest BCUT2D eigenvalue weighted by Gasteiger charge is -2.16. The van der Waals surface area contributed by atoms with Crippen LogP contribution in [-0.4, -0.2) is 25.3 Å². The fourth-order valence-corrected chi connectivity index (χ4v) is 6.28. The van der Waals surface area contributed by atoms with Crippen LogP contribution >= 0.6 is 11.3 Å². The van der Waals surface area contributed by atoms with Gasteiger partial charge in [0, 0.05) is 17.3 Å². The number of nitrogens with two attached hydrogens (primary N) is 1. The predicted octanol–water partition coefficient (Wildman–Crippen LogP) is 3.63. The molecule has 2 aliphatic rings. The summed E-state index contributed by atoms with van der Waals surface area (Å²) < 4.78 is 16.9. The molecule has 2 amide bonds. The number of carbonyl (C=O) groups excluding carboxylic acids is 1. The third kappa shape index (κ3) is 3.89. The third-order valence-electron chi connectivity index (χ3n) is 5.73. The first kappa shape index (κ1) is 21.4. The zero-order valence-electron chi connectivity index (χ0n) is 17.4. The number of amides is 2. The van der Waals surface area contributed by atoms with Crippen molar-refractivity contribution in [3.8, 4) is 0 Å². The van der Waals surface area contributed by atoms with Gasteiger partial charge in [0.2, 0.25) is 0 Å². The number of hydrogen-bond acceptors (Lipinski definition) is 6. The highest BCUT2D eigenvalue weighted by atomic mass is 32.2. The summed E-state index contributed by atoms with van der Waals surface area (Å²) in [6.45, 7) is 5.31. The van der Waals surface area contributed by atoms with Gasteiger partial charge in [-0.05, 0) is 63.5 Å². The summed E-state index contributed by atoms with van der Waals surface area (Å²) in [5.41, 5.74) is 3.88. The van der Waals surface area contributed by atoms with Gasteiger partial charge in [-0.2, -0.15) is 0 Å². The van der Waals surface area contributed by atoms with Crippen LogP contribution in [0.2, 0.25) is 0 Å². The summed E-state index contributed by atoms with van der Waals surface area (Å²) in [5, 5.41) is 19.2. The maximum absolute atomic E-state index is 12.9. The molecule has 0 spiro atoms. The van der Waals surface area contributed by atoms with E-state index in [1.165, 1.54) is 6.20 Å². The van der Waals surface area contributed by atoms with Gasteiger partial charge in [-0.25, -0.2) is 19.1 Å². The van der Waals surface area contributed by atoms with Gasteiger partial charge < -0.3 is 10.4 Å². The Morgan fingerprint density at radius 1 is 1.40 bits per heavy atom. The van der Waals surface area contributed by atoms with E-state index >= 15 is 0 Å². The number of rotatable bonds is 4. The molecule has 2 atom stereocenters. The number of aliphatic hydroxyl groups is 1. The number of nitrogens with one attached hydrogen (secondary N) is 1. The van der Waals surface area contributed by atoms with Crippen LogP contribution in [0.4, 0.5) is 10.5 Å². The smallest absolute Gasteiger partial charge is 0.354 e. The van der Waals surface area contributed by atoms with E-state index in [0.717, 1.165) is 78.1 Å². The molecule has 10 heteroatoms. The highest BCUT2D eigenvalue weighted by Crippen LogP contribution is 2.42. The van der Waals surface area contributed by atoms with Gasteiger partial charge in [-0.3, -0.25) is 4.98 Å². The Labute approximate surface area is 180 Å². The zero-order chi connectivity index (χ0) is 21.7. The molecular weight excluding hydrogens is 422 g/mol. The molecule has 0 saturated carbocycles. The zero-order valence-corrected chi connectivity index (χ0v) is 19.0. The topological polar surface area (TPSA) is 131 Å². The number of pyridine rings is 1. The third-order valence-corrected chi connectivity index (χ3v) is 8.92. The summed E-state index contributed by atoms with van der Waals surface area (Å²) in [6.07, 6.45) is 7.00. The van der Waals surface area contributed by atoms with Crippen LogP contribution in [0.5, 0.6) is 0 Å². The highest BCUT2D eigenvalue weighted by molar-refractivity contribution is 7.93. The van der Waals surface area contributed by atoms with E-state index in [4.69, 9.17) is 10.1 Å². The van der Waals surface area contributed by atoms with Crippen molar-refractivity contribution < 1.29 is 14.1 Å². The van der Waals surface area contributed by atoms with E-state index in [1.54, 1.807) is 13.8 Å². The van der Waals surface area contributed by atoms with Crippen molar-refractivity contribution in [1.29, 1.82) is 0 Å². The molecule has 2 aliphatic carbocycles. The molecule has 0 radical (unpaired) electrons. The van der Waals surface area contributed by atoms with Gasteiger partial charge >= 0.3 is 6.03 Å². The minimum atomic E-state index is -3.47. The van der Waals surface area contributed by atoms with E-state index in [1.807, 2.05) is 0 Å². The first-order chi connectivity index (χ1) is 14.1. The Kier molecular flexibility index (Phi) is 5.46. The molecule has 0 saturated heterocycles. The monoisotopic (exact) mass is 449 g/mol. The normalized spacial score (nSPS) is 19.8. The van der Waals surface area contributed by atoms with Crippen molar-refractivity contribution in [3.05, 3.63) is 33.7 Å². The molecule has 0 aliphatic heterocycles. The number of nitrogens with zero attached hydrogens (tertiary/aromatic N) is 3. The van der Waals surface area contributed by atoms with Gasteiger partial charge in [0.15, 0.2) is 9.92 Å². The second-order valence-corrected chi connectivity index (χ2v) is 11.5. The first-order valence-corrected chi connectivity index (χ1v) is 12.6. The molecule has 2 aromatic heterocycles. The van der Waals surface area contributed by atoms with E-state index < -0.39 is 21.5 Å². The average molecular weight is 450 g/mol. The second kappa shape index (κ2) is 7.67. The summed E-state index contributed by atoms with van der Waals surface area (Å²) in [4.78, 5) is 21.7. The number of carbonyl (C=O) groups is 1. The lowest BCUT2D eigenvalue weighted by atomic mass is 10.0. The molecule has 0 aromatic carbocycles. The molecule has 2 heterocycles. The number of fused-ring (bicyclic) bond motifs is 2. The standard InChI is InChI=1S/C20H27N5O3S2/c1-4-11-8-9-13-16(11)23-14-7-5-6-12(14)17(13)24-19(26)25-30(21,28)15-10-22-18(29-15)20(2,3)27/h10-11,27H,4-9H2,1-3H3,(H3,21,23,24,25,26,28)/t11?,30-/m0/s1. The summed E-state index contributed by atoms with van der Waals surface area (Å²) in [5.74, 6) is 0.412. The summed E-state index contributed by atoms with van der Waals surface area (Å²) in [7, 11) is -3.47. The fourth-order valence-electron chi connectivity index (χ4n) is 4.21. The van der Waals surface area contributed by atoms with Gasteiger partial charge in [-0.15, -0.1) is 15.7 Å². The molecule has 8 nitrogen and oxygen atoms in total. The van der Waals surface area contributed by atoms with Crippen LogP contribution in [0.25, 0.3) is 0 Å². The molecular formula is C20H27N5O3S2. The van der Waals surface area contributed by atoms with E-state index in [0.29, 0.717) is 10.9 Å². The lowest BCUT2D eigenvalue weighted by Crippen LogP contribution is -2.18. The van der Waals surface area contributed by atoms with Gasteiger partial charge in [0.05, 0.1) is 11.9 Å². The van der Waals surface area contributed by atoms with Crippen LogP contribution < -0.4 is 10.5 Å². The van der Waals surface area contributed by atoms with E-state index in [9.17, 15) is 14.1 Å². The van der Waals surface area contributed by atoms with Gasteiger partial charge in [-0.1, -0.05) is 6.92 Å². The van der Waals surface area contributed by atoms with E-state index in [-0.39, 0.29) is 4.21 Å². The quantitative estimate of drug-likeness (QED) is 0.656. The van der Waals surface area contributed by atoms with Crippen LogP contribution in [0.15, 0.2) is 14.8 Å². The Morgan fingerprint density at radius 3 is 2.83 bits per heavy atom. The minimum Gasteiger partial charge on any atom is -0.383 e. The fraction of sp³-hybridized carbons (Fsp3) is 0.550. The molecule has 30 heavy (non-hydrogen) atoms. The van der Waals surface area contributed by atoms with Crippen molar-refractivity contribution in [1.82, 2.24) is 9.97 Å². The minimum absolute atomic E-state index is 0.158. The van der Waals surface area contributed by atoms with Gasteiger partial charge in [0.1, 0.15) is 14.8 Å². The number of aromatic nitrogens is 2. The van der Waals surface area contributed by atoms with Crippen molar-refractivity contribution in [2.24, 2.45) is 9.50 Å². The molecule has 4 N–H and O–H groups in total. The van der Waals surface area contributed by atoms with Crippen LogP contribution in [0.1, 0.15) is 73.5 Å². The van der Waals surface area contributed by atoms with Crippen molar-refractivity contribution in [2.75, 3.05) is 5.32 Å². The number of aryl methyl sites for hydroxylation is 1. The predicted molar refractivity (Wildman–Crippen MR) is 117 cm³/mol. The van der Waals surface area contributed by atoms with E-state index in [2.05, 4.69) is 21.6 Å². The Morgan fingerprint density at radius 2 is 2.17 bits per heavy atom. The summed E-state index contributed by atoms with van der Waals surface area (Å²) >= 11 is 0.993. The largest absolute Gasteiger partial charge is 0.383 e. The first-order valence-electron chi connectivity index (χ1n) is 10.2. The highest BCUT2D eigenvalue weighted by Gasteiger charge is 2.31. The maximum atomic E-state index is 12.9. The molecule has 0 bridgehead atoms. The van der Waals surface area contributed by atoms with Crippen LogP contribution in [0.3, 0.4) is 0 Å². The molecule has 4 rings (SSSR count). The molecule has 2 aromatic rings. The molecule has 1 unspecified atom stereocenters. The SMILES string of the molecule is CCC1CCc2c1nc1c(c2NC(=O)N=[S@](N)(=O)c2cnc(C(C)(C)O)s2)CCC1. The number of anilines is 1. The average Bonchev–Trinajstić information content (AvgIpc) is 3.39. The van der Waals surface area contributed by atoms with Crippen LogP contribution in [-0.2, 0) is 34.8 Å². The lowest BCUT2D eigenvalue weighted by molar-refractivity contribution is 0.0783. The van der Waals surface area contributed by atoms with Crippen molar-refractivity contribution in [3.63, 3.8) is 0 Å². The second-order valence-electron chi connectivity index (χ2n) is 8.41. The molecule has 162 valence electrons. The van der Waals surface area contributed by atoms with Crippen molar-refractivity contribution >= 4 is 33.0 Å². The van der Waals surface area contributed by atoms with Gasteiger partial charge in [0.25, 0.3) is 0 Å². The Hall–Kier alpha value is -1.88. The van der Waals surface area contributed by atoms with Crippen molar-refractivity contribution in [2.45, 2.75) is 75.0 Å². The Bertz CT molecular complexity index is 1130. The maximum Gasteiger partial charge on any atom is 0.354 e. The summed E-state index contributed by atoms with van der Waals surface area (Å²) in [6, 6.07) is -0.733. The number of thiazole rings is 1. The number of hydrogen-bond donors (Lipinski definition) is 3.